The fourth-order valence-electron chi connectivity index (χ4n) is 4.04. The minimum Gasteiger partial charge on any atom is -0.367 e. The molecular formula is C25H27N3O3S. The van der Waals surface area contributed by atoms with Gasteiger partial charge in [0, 0.05) is 30.4 Å². The first kappa shape index (κ1) is 21.9. The number of fused-ring (bicyclic) bond motifs is 1. The second-order valence-corrected chi connectivity index (χ2v) is 9.76. The quantitative estimate of drug-likeness (QED) is 0.572. The Balaban J connectivity index is 1.36. The number of carbonyl (C=O) groups excluding carboxylic acids is 1. The van der Waals surface area contributed by atoms with Crippen LogP contribution in [0.3, 0.4) is 0 Å². The topological polar surface area (TPSA) is 78.5 Å². The van der Waals surface area contributed by atoms with Gasteiger partial charge in [-0.2, -0.15) is 0 Å². The molecule has 0 spiro atoms. The normalized spacial score (nSPS) is 15.3. The van der Waals surface area contributed by atoms with Gasteiger partial charge < -0.3 is 10.2 Å². The summed E-state index contributed by atoms with van der Waals surface area (Å²) in [4.78, 5) is 15.0. The molecule has 1 heterocycles. The maximum absolute atomic E-state index is 12.7. The van der Waals surface area contributed by atoms with E-state index in [0.717, 1.165) is 18.5 Å². The van der Waals surface area contributed by atoms with Crippen molar-refractivity contribution in [2.45, 2.75) is 31.2 Å². The van der Waals surface area contributed by atoms with E-state index in [1.807, 2.05) is 25.1 Å². The van der Waals surface area contributed by atoms with Crippen LogP contribution in [0.1, 0.15) is 28.4 Å². The predicted molar refractivity (Wildman–Crippen MR) is 128 cm³/mol. The van der Waals surface area contributed by atoms with Gasteiger partial charge in [0.05, 0.1) is 10.6 Å². The van der Waals surface area contributed by atoms with E-state index in [9.17, 15) is 13.2 Å². The molecule has 0 bridgehead atoms. The van der Waals surface area contributed by atoms with E-state index < -0.39 is 10.0 Å². The SMILES string of the molecule is Cc1ccccc1NS(=O)(=O)c1ccc(C(=O)NCCN2c3ccccc3CC2C)cc1. The molecule has 3 aromatic rings. The van der Waals surface area contributed by atoms with Crippen LogP contribution in [-0.2, 0) is 16.4 Å². The molecule has 1 unspecified atom stereocenters. The third-order valence-electron chi connectivity index (χ3n) is 5.80. The molecule has 1 aliphatic rings. The first-order valence-corrected chi connectivity index (χ1v) is 12.1. The number of hydrogen-bond donors (Lipinski definition) is 2. The Bertz CT molecular complexity index is 1220. The Kier molecular flexibility index (Phi) is 6.19. The van der Waals surface area contributed by atoms with Gasteiger partial charge in [-0.15, -0.1) is 0 Å². The number of anilines is 2. The second kappa shape index (κ2) is 9.04. The van der Waals surface area contributed by atoms with Crippen LogP contribution in [0.25, 0.3) is 0 Å². The van der Waals surface area contributed by atoms with Crippen molar-refractivity contribution in [3.63, 3.8) is 0 Å². The molecule has 6 nitrogen and oxygen atoms in total. The zero-order chi connectivity index (χ0) is 22.7. The maximum Gasteiger partial charge on any atom is 0.261 e. The number of aryl methyl sites for hydroxylation is 1. The Hall–Kier alpha value is -3.32. The van der Waals surface area contributed by atoms with Gasteiger partial charge in [-0.05, 0) is 67.8 Å². The van der Waals surface area contributed by atoms with Gasteiger partial charge >= 0.3 is 0 Å². The Morgan fingerprint density at radius 3 is 2.44 bits per heavy atom. The van der Waals surface area contributed by atoms with Gasteiger partial charge in [0.25, 0.3) is 15.9 Å². The average molecular weight is 450 g/mol. The van der Waals surface area contributed by atoms with Gasteiger partial charge in [0.15, 0.2) is 0 Å². The van der Waals surface area contributed by atoms with E-state index in [-0.39, 0.29) is 10.8 Å². The monoisotopic (exact) mass is 449 g/mol. The van der Waals surface area contributed by atoms with Crippen molar-refractivity contribution in [3.05, 3.63) is 89.5 Å². The molecule has 0 saturated carbocycles. The van der Waals surface area contributed by atoms with Crippen LogP contribution in [0.5, 0.6) is 0 Å². The smallest absolute Gasteiger partial charge is 0.261 e. The van der Waals surface area contributed by atoms with Gasteiger partial charge in [-0.25, -0.2) is 8.42 Å². The molecule has 1 aliphatic heterocycles. The Morgan fingerprint density at radius 2 is 1.69 bits per heavy atom. The molecular weight excluding hydrogens is 422 g/mol. The second-order valence-electron chi connectivity index (χ2n) is 8.08. The van der Waals surface area contributed by atoms with Gasteiger partial charge in [-0.1, -0.05) is 36.4 Å². The number of nitrogens with zero attached hydrogens (tertiary/aromatic N) is 1. The zero-order valence-corrected chi connectivity index (χ0v) is 19.0. The van der Waals surface area contributed by atoms with Crippen LogP contribution in [0.15, 0.2) is 77.7 Å². The van der Waals surface area contributed by atoms with Gasteiger partial charge in [0.2, 0.25) is 0 Å². The lowest BCUT2D eigenvalue weighted by atomic mass is 10.1. The number of para-hydroxylation sites is 2. The highest BCUT2D eigenvalue weighted by atomic mass is 32.2. The number of rotatable bonds is 7. The highest BCUT2D eigenvalue weighted by Gasteiger charge is 2.25. The van der Waals surface area contributed by atoms with Gasteiger partial charge in [-0.3, -0.25) is 9.52 Å². The molecule has 32 heavy (non-hydrogen) atoms. The molecule has 166 valence electrons. The van der Waals surface area contributed by atoms with Crippen molar-refractivity contribution >= 4 is 27.3 Å². The molecule has 7 heteroatoms. The van der Waals surface area contributed by atoms with E-state index in [0.29, 0.717) is 23.8 Å². The molecule has 4 rings (SSSR count). The lowest BCUT2D eigenvalue weighted by molar-refractivity contribution is 0.0954. The molecule has 0 saturated heterocycles. The molecule has 1 atom stereocenters. The summed E-state index contributed by atoms with van der Waals surface area (Å²) in [6.45, 7) is 5.25. The van der Waals surface area contributed by atoms with E-state index in [1.165, 1.54) is 35.5 Å². The summed E-state index contributed by atoms with van der Waals surface area (Å²) in [7, 11) is -3.73. The maximum atomic E-state index is 12.7. The van der Waals surface area contributed by atoms with E-state index in [2.05, 4.69) is 40.1 Å². The van der Waals surface area contributed by atoms with Crippen molar-refractivity contribution < 1.29 is 13.2 Å². The summed E-state index contributed by atoms with van der Waals surface area (Å²) in [6, 6.07) is 21.9. The lowest BCUT2D eigenvalue weighted by Gasteiger charge is -2.25. The summed E-state index contributed by atoms with van der Waals surface area (Å²) in [6.07, 6.45) is 1.01. The van der Waals surface area contributed by atoms with Crippen LogP contribution in [-0.4, -0.2) is 33.5 Å². The molecule has 0 aromatic heterocycles. The summed E-state index contributed by atoms with van der Waals surface area (Å²) in [5, 5.41) is 2.94. The van der Waals surface area contributed by atoms with Crippen LogP contribution >= 0.6 is 0 Å². The van der Waals surface area contributed by atoms with Crippen LogP contribution in [0, 0.1) is 6.92 Å². The summed E-state index contributed by atoms with van der Waals surface area (Å²) in [5.41, 5.74) is 4.36. The van der Waals surface area contributed by atoms with Crippen molar-refractivity contribution in [1.82, 2.24) is 5.32 Å². The third kappa shape index (κ3) is 4.62. The van der Waals surface area contributed by atoms with Crippen molar-refractivity contribution in [1.29, 1.82) is 0 Å². The third-order valence-corrected chi connectivity index (χ3v) is 7.18. The van der Waals surface area contributed by atoms with Crippen molar-refractivity contribution in [2.75, 3.05) is 22.7 Å². The van der Waals surface area contributed by atoms with E-state index in [4.69, 9.17) is 0 Å². The summed E-state index contributed by atoms with van der Waals surface area (Å²) < 4.78 is 27.9. The lowest BCUT2D eigenvalue weighted by Crippen LogP contribution is -2.37. The average Bonchev–Trinajstić information content (AvgIpc) is 3.10. The number of nitrogens with one attached hydrogen (secondary N) is 2. The van der Waals surface area contributed by atoms with Crippen molar-refractivity contribution in [2.24, 2.45) is 0 Å². The highest BCUT2D eigenvalue weighted by molar-refractivity contribution is 7.92. The number of carbonyl (C=O) groups is 1. The molecule has 2 N–H and O–H groups in total. The fourth-order valence-corrected chi connectivity index (χ4v) is 5.17. The molecule has 1 amide bonds. The zero-order valence-electron chi connectivity index (χ0n) is 18.2. The first-order valence-electron chi connectivity index (χ1n) is 10.7. The molecule has 0 aliphatic carbocycles. The number of amides is 1. The predicted octanol–water partition coefficient (Wildman–Crippen LogP) is 3.98. The molecule has 0 fully saturated rings. The van der Waals surface area contributed by atoms with Gasteiger partial charge in [0.1, 0.15) is 0 Å². The summed E-state index contributed by atoms with van der Waals surface area (Å²) in [5.74, 6) is -0.221. The first-order chi connectivity index (χ1) is 15.3. The molecule has 3 aromatic carbocycles. The molecule has 0 radical (unpaired) electrons. The van der Waals surface area contributed by atoms with E-state index in [1.54, 1.807) is 12.1 Å². The van der Waals surface area contributed by atoms with Crippen LogP contribution < -0.4 is 14.9 Å². The minimum absolute atomic E-state index is 0.111. The minimum atomic E-state index is -3.73. The highest BCUT2D eigenvalue weighted by Crippen LogP contribution is 2.31. The van der Waals surface area contributed by atoms with Crippen molar-refractivity contribution in [3.8, 4) is 0 Å². The standard InChI is InChI=1S/C25H27N3O3S/c1-18-7-3-5-9-23(18)27-32(30,31)22-13-11-20(12-14-22)25(29)26-15-16-28-19(2)17-21-8-4-6-10-24(21)28/h3-14,19,27H,15-17H2,1-2H3,(H,26,29). The van der Waals surface area contributed by atoms with E-state index >= 15 is 0 Å². The summed E-state index contributed by atoms with van der Waals surface area (Å²) >= 11 is 0. The number of sulfonamides is 1. The Morgan fingerprint density at radius 1 is 1.00 bits per heavy atom. The fraction of sp³-hybridized carbons (Fsp3) is 0.240. The van der Waals surface area contributed by atoms with Crippen LogP contribution in [0.4, 0.5) is 11.4 Å². The van der Waals surface area contributed by atoms with Crippen LogP contribution in [0.2, 0.25) is 0 Å². The number of benzene rings is 3. The Labute approximate surface area is 189 Å². The number of hydrogen-bond acceptors (Lipinski definition) is 4. The largest absolute Gasteiger partial charge is 0.367 e.